The Balaban J connectivity index is 1.33. The summed E-state index contributed by atoms with van der Waals surface area (Å²) in [6, 6.07) is 7.67. The van der Waals surface area contributed by atoms with Gasteiger partial charge in [-0.05, 0) is 36.4 Å². The molecular formula is C24H25FN4O6. The van der Waals surface area contributed by atoms with Crippen molar-refractivity contribution in [3.63, 3.8) is 0 Å². The number of furan rings is 1. The van der Waals surface area contributed by atoms with E-state index in [4.69, 9.17) is 9.15 Å². The fraction of sp³-hybridized carbons (Fsp3) is 0.333. The Morgan fingerprint density at radius 2 is 1.89 bits per heavy atom. The molecule has 1 N–H and O–H groups in total. The largest absolute Gasteiger partial charge is 0.454 e. The van der Waals surface area contributed by atoms with Gasteiger partial charge in [-0.1, -0.05) is 0 Å². The van der Waals surface area contributed by atoms with Crippen LogP contribution in [0.25, 0.3) is 6.08 Å². The summed E-state index contributed by atoms with van der Waals surface area (Å²) in [5, 5.41) is 2.60. The van der Waals surface area contributed by atoms with Gasteiger partial charge in [-0.3, -0.25) is 19.3 Å². The van der Waals surface area contributed by atoms with E-state index in [0.29, 0.717) is 49.6 Å². The van der Waals surface area contributed by atoms with Gasteiger partial charge in [0.1, 0.15) is 17.7 Å². The van der Waals surface area contributed by atoms with Crippen LogP contribution in [0.5, 0.6) is 0 Å². The van der Waals surface area contributed by atoms with Crippen LogP contribution >= 0.6 is 0 Å². The molecule has 0 bridgehead atoms. The van der Waals surface area contributed by atoms with Gasteiger partial charge in [0.2, 0.25) is 11.8 Å². The number of amides is 3. The van der Waals surface area contributed by atoms with Crippen molar-refractivity contribution in [3.05, 3.63) is 53.7 Å². The lowest BCUT2D eigenvalue weighted by Gasteiger charge is -2.36. The van der Waals surface area contributed by atoms with E-state index in [1.807, 2.05) is 4.90 Å². The lowest BCUT2D eigenvalue weighted by molar-refractivity contribution is -0.126. The number of nitrogens with one attached hydrogen (secondary N) is 1. The summed E-state index contributed by atoms with van der Waals surface area (Å²) in [4.78, 5) is 51.2. The number of nitrogens with zero attached hydrogens (tertiary/aromatic N) is 3. The third-order valence-electron chi connectivity index (χ3n) is 5.78. The zero-order valence-electron chi connectivity index (χ0n) is 19.1. The highest BCUT2D eigenvalue weighted by Gasteiger charge is 2.33. The molecule has 2 aliphatic heterocycles. The number of anilines is 2. The Morgan fingerprint density at radius 3 is 2.54 bits per heavy atom. The smallest absolute Gasteiger partial charge is 0.414 e. The van der Waals surface area contributed by atoms with E-state index in [1.165, 1.54) is 36.1 Å². The molecule has 35 heavy (non-hydrogen) atoms. The molecule has 3 amide bonds. The molecule has 0 spiro atoms. The third-order valence-corrected chi connectivity index (χ3v) is 5.78. The second kappa shape index (κ2) is 10.4. The summed E-state index contributed by atoms with van der Waals surface area (Å²) in [5.41, 5.74) is 0.756. The van der Waals surface area contributed by atoms with E-state index in [2.05, 4.69) is 5.32 Å². The van der Waals surface area contributed by atoms with Crippen molar-refractivity contribution in [2.45, 2.75) is 13.0 Å². The Morgan fingerprint density at radius 1 is 1.14 bits per heavy atom. The van der Waals surface area contributed by atoms with Gasteiger partial charge in [0.05, 0.1) is 24.5 Å². The van der Waals surface area contributed by atoms with Gasteiger partial charge in [-0.2, -0.15) is 0 Å². The van der Waals surface area contributed by atoms with E-state index in [1.54, 1.807) is 23.1 Å². The highest BCUT2D eigenvalue weighted by atomic mass is 19.1. The number of benzene rings is 1. The lowest BCUT2D eigenvalue weighted by Crippen LogP contribution is -2.48. The Labute approximate surface area is 200 Å². The van der Waals surface area contributed by atoms with E-state index >= 15 is 0 Å². The molecule has 2 aliphatic rings. The number of hydrogen-bond donors (Lipinski definition) is 1. The van der Waals surface area contributed by atoms with E-state index in [9.17, 15) is 23.6 Å². The molecule has 1 aromatic carbocycles. The summed E-state index contributed by atoms with van der Waals surface area (Å²) in [7, 11) is 0. The minimum Gasteiger partial charge on any atom is -0.454 e. The number of hydrogen-bond acceptors (Lipinski definition) is 7. The van der Waals surface area contributed by atoms with Crippen LogP contribution in [0, 0.1) is 5.82 Å². The van der Waals surface area contributed by atoms with Crippen molar-refractivity contribution in [2.75, 3.05) is 49.1 Å². The molecule has 2 aromatic rings. The molecule has 2 fully saturated rings. The summed E-state index contributed by atoms with van der Waals surface area (Å²) in [6.45, 7) is 3.48. The lowest BCUT2D eigenvalue weighted by atomic mass is 10.2. The van der Waals surface area contributed by atoms with E-state index in [0.717, 1.165) is 0 Å². The Kier molecular flexibility index (Phi) is 7.14. The number of carbonyl (C=O) groups is 4. The molecule has 0 aliphatic carbocycles. The highest BCUT2D eigenvalue weighted by molar-refractivity contribution is 5.92. The van der Waals surface area contributed by atoms with Gasteiger partial charge in [0.25, 0.3) is 0 Å². The van der Waals surface area contributed by atoms with Gasteiger partial charge < -0.3 is 24.3 Å². The number of piperazine rings is 1. The molecule has 184 valence electrons. The minimum absolute atomic E-state index is 0.185. The predicted molar refractivity (Wildman–Crippen MR) is 125 cm³/mol. The molecule has 11 heteroatoms. The average Bonchev–Trinajstić information content (AvgIpc) is 3.47. The number of halogens is 1. The minimum atomic E-state index is -0.593. The van der Waals surface area contributed by atoms with Crippen LogP contribution in [-0.2, 0) is 14.3 Å². The summed E-state index contributed by atoms with van der Waals surface area (Å²) < 4.78 is 25.4. The SMILES string of the molecule is CC(=O)NC[C@H]1CN(c2ccc(N3CCN(C(=O)C=Cc4ccc(C=O)o4)CC3)c(F)c2)C(=O)O1. The van der Waals surface area contributed by atoms with Gasteiger partial charge in [0, 0.05) is 39.2 Å². The molecule has 0 radical (unpaired) electrons. The molecule has 1 aromatic heterocycles. The van der Waals surface area contributed by atoms with Crippen LogP contribution in [0.4, 0.5) is 20.6 Å². The van der Waals surface area contributed by atoms with Crippen molar-refractivity contribution in [1.29, 1.82) is 0 Å². The second-order valence-corrected chi connectivity index (χ2v) is 8.19. The zero-order valence-corrected chi connectivity index (χ0v) is 19.1. The molecule has 4 rings (SSSR count). The van der Waals surface area contributed by atoms with Crippen LogP contribution in [0.3, 0.4) is 0 Å². The third kappa shape index (κ3) is 5.68. The molecule has 0 unspecified atom stereocenters. The maximum atomic E-state index is 15.0. The van der Waals surface area contributed by atoms with Crippen LogP contribution in [0.1, 0.15) is 23.2 Å². The van der Waals surface area contributed by atoms with Gasteiger partial charge in [-0.15, -0.1) is 0 Å². The molecular weight excluding hydrogens is 459 g/mol. The number of cyclic esters (lactones) is 1. The molecule has 0 saturated carbocycles. The first-order chi connectivity index (χ1) is 16.8. The molecule has 1 atom stereocenters. The first kappa shape index (κ1) is 24.0. The molecule has 10 nitrogen and oxygen atoms in total. The number of ether oxygens (including phenoxy) is 1. The van der Waals surface area contributed by atoms with Crippen molar-refractivity contribution in [2.24, 2.45) is 0 Å². The van der Waals surface area contributed by atoms with Crippen molar-refractivity contribution in [1.82, 2.24) is 10.2 Å². The fourth-order valence-electron chi connectivity index (χ4n) is 3.96. The Bertz CT molecular complexity index is 1150. The van der Waals surface area contributed by atoms with Gasteiger partial charge in [0.15, 0.2) is 12.0 Å². The summed E-state index contributed by atoms with van der Waals surface area (Å²) in [6.07, 6.45) is 2.38. The van der Waals surface area contributed by atoms with Crippen molar-refractivity contribution in [3.8, 4) is 0 Å². The Hall–Kier alpha value is -4.15. The second-order valence-electron chi connectivity index (χ2n) is 8.19. The van der Waals surface area contributed by atoms with E-state index < -0.39 is 18.0 Å². The maximum absolute atomic E-state index is 15.0. The predicted octanol–water partition coefficient (Wildman–Crippen LogP) is 2.05. The first-order valence-electron chi connectivity index (χ1n) is 11.1. The first-order valence-corrected chi connectivity index (χ1v) is 11.1. The number of carbonyl (C=O) groups excluding carboxylic acids is 4. The fourth-order valence-corrected chi connectivity index (χ4v) is 3.96. The van der Waals surface area contributed by atoms with Crippen LogP contribution in [-0.4, -0.2) is 74.5 Å². The normalized spacial score (nSPS) is 18.2. The molecule has 2 saturated heterocycles. The molecule has 3 heterocycles. The monoisotopic (exact) mass is 484 g/mol. The van der Waals surface area contributed by atoms with Crippen LogP contribution in [0.2, 0.25) is 0 Å². The van der Waals surface area contributed by atoms with E-state index in [-0.39, 0.29) is 30.7 Å². The summed E-state index contributed by atoms with van der Waals surface area (Å²) in [5.74, 6) is -0.317. The van der Waals surface area contributed by atoms with Crippen LogP contribution < -0.4 is 15.1 Å². The number of aldehydes is 1. The van der Waals surface area contributed by atoms with Gasteiger partial charge in [-0.25, -0.2) is 9.18 Å². The van der Waals surface area contributed by atoms with Gasteiger partial charge >= 0.3 is 6.09 Å². The van der Waals surface area contributed by atoms with Crippen molar-refractivity contribution >= 4 is 41.6 Å². The average molecular weight is 484 g/mol. The quantitative estimate of drug-likeness (QED) is 0.473. The zero-order chi connectivity index (χ0) is 24.9. The van der Waals surface area contributed by atoms with Crippen LogP contribution in [0.15, 0.2) is 40.8 Å². The summed E-state index contributed by atoms with van der Waals surface area (Å²) >= 11 is 0. The topological polar surface area (TPSA) is 112 Å². The highest BCUT2D eigenvalue weighted by Crippen LogP contribution is 2.28. The maximum Gasteiger partial charge on any atom is 0.414 e. The number of rotatable bonds is 7. The van der Waals surface area contributed by atoms with Crippen molar-refractivity contribution < 1.29 is 32.7 Å². The standard InChI is InChI=1S/C24H25FN4O6/c1-16(31)26-13-20-14-29(24(33)35-20)17-2-6-22(21(25)12-17)27-8-10-28(11-9-27)23(32)7-5-18-3-4-19(15-30)34-18/h2-7,12,15,20H,8-11,13-14H2,1H3,(H,26,31)/t20-/m0/s1.